The van der Waals surface area contributed by atoms with Crippen molar-refractivity contribution in [1.29, 1.82) is 0 Å². The van der Waals surface area contributed by atoms with Gasteiger partial charge in [0.05, 0.1) is 10.2 Å². The average Bonchev–Trinajstić information content (AvgIpc) is 2.81. The largest absolute Gasteiger partial charge is 0.305 e. The van der Waals surface area contributed by atoms with Crippen LogP contribution in [0.15, 0.2) is 29.2 Å². The molecule has 2 rings (SSSR count). The summed E-state index contributed by atoms with van der Waals surface area (Å²) in [5, 5.41) is 9.06. The molecule has 0 spiro atoms. The molecule has 1 aromatic carbocycles. The predicted octanol–water partition coefficient (Wildman–Crippen LogP) is 3.00. The molecule has 0 aliphatic rings. The smallest absolute Gasteiger partial charge is 0.175 e. The van der Waals surface area contributed by atoms with Gasteiger partial charge in [-0.15, -0.1) is 10.2 Å². The van der Waals surface area contributed by atoms with Crippen LogP contribution < -0.4 is 0 Å². The number of nitrogens with zero attached hydrogens (tertiary/aromatic N) is 3. The molecule has 0 aliphatic heterocycles. The van der Waals surface area contributed by atoms with Gasteiger partial charge in [-0.1, -0.05) is 15.9 Å². The second-order valence-electron chi connectivity index (χ2n) is 5.88. The quantitative estimate of drug-likeness (QED) is 0.777. The van der Waals surface area contributed by atoms with Gasteiger partial charge in [-0.25, -0.2) is 8.42 Å². The molecule has 0 bridgehead atoms. The van der Waals surface area contributed by atoms with Crippen molar-refractivity contribution in [3.63, 3.8) is 0 Å². The third kappa shape index (κ3) is 3.35. The normalized spacial score (nSPS) is 12.6. The van der Waals surface area contributed by atoms with Crippen molar-refractivity contribution in [3.8, 4) is 11.4 Å². The van der Waals surface area contributed by atoms with E-state index in [1.54, 1.807) is 24.3 Å². The van der Waals surface area contributed by atoms with E-state index in [0.29, 0.717) is 10.2 Å². The van der Waals surface area contributed by atoms with E-state index in [1.807, 2.05) is 0 Å². The van der Waals surface area contributed by atoms with Crippen molar-refractivity contribution in [2.45, 2.75) is 36.5 Å². The molecule has 0 saturated heterocycles. The molecule has 0 saturated carbocycles. The first-order valence-electron chi connectivity index (χ1n) is 6.46. The first-order chi connectivity index (χ1) is 9.64. The van der Waals surface area contributed by atoms with Gasteiger partial charge in [0.15, 0.2) is 15.7 Å². The van der Waals surface area contributed by atoms with E-state index in [-0.39, 0.29) is 5.54 Å². The molecule has 0 amide bonds. The molecule has 0 aliphatic carbocycles. The van der Waals surface area contributed by atoms with Gasteiger partial charge in [-0.3, -0.25) is 0 Å². The second-order valence-corrected chi connectivity index (χ2v) is 8.45. The van der Waals surface area contributed by atoms with Crippen molar-refractivity contribution in [1.82, 2.24) is 14.8 Å². The lowest BCUT2D eigenvalue weighted by atomic mass is 10.1. The summed E-state index contributed by atoms with van der Waals surface area (Å²) in [6.45, 7) is 6.24. The Bertz CT molecular complexity index is 744. The molecular formula is C14H18BrN3O2S. The standard InChI is InChI=1S/C14H18BrN3O2S/c1-14(2,3)18-12(9-15)16-17-13(18)10-5-7-11(8-6-10)21(4,19)20/h5-8H,9H2,1-4H3. The molecular weight excluding hydrogens is 354 g/mol. The number of halogens is 1. The molecule has 5 nitrogen and oxygen atoms in total. The molecule has 7 heteroatoms. The highest BCUT2D eigenvalue weighted by Gasteiger charge is 2.23. The summed E-state index contributed by atoms with van der Waals surface area (Å²) >= 11 is 3.42. The lowest BCUT2D eigenvalue weighted by molar-refractivity contribution is 0.391. The molecule has 114 valence electrons. The maximum absolute atomic E-state index is 11.5. The SMILES string of the molecule is CC(C)(C)n1c(CBr)nnc1-c1ccc(S(C)(=O)=O)cc1. The van der Waals surface area contributed by atoms with Crippen LogP contribution in [0.1, 0.15) is 26.6 Å². The molecule has 2 aromatic rings. The number of hydrogen-bond donors (Lipinski definition) is 0. The van der Waals surface area contributed by atoms with Crippen molar-refractivity contribution in [2.75, 3.05) is 6.26 Å². The van der Waals surface area contributed by atoms with Crippen LogP contribution in [0.25, 0.3) is 11.4 Å². The van der Waals surface area contributed by atoms with Crippen LogP contribution >= 0.6 is 15.9 Å². The van der Waals surface area contributed by atoms with Crippen molar-refractivity contribution < 1.29 is 8.42 Å². The highest BCUT2D eigenvalue weighted by atomic mass is 79.9. The molecule has 0 unspecified atom stereocenters. The van der Waals surface area contributed by atoms with Crippen LogP contribution in [0.5, 0.6) is 0 Å². The van der Waals surface area contributed by atoms with Crippen LogP contribution in [0, 0.1) is 0 Å². The van der Waals surface area contributed by atoms with Gasteiger partial charge >= 0.3 is 0 Å². The maximum Gasteiger partial charge on any atom is 0.175 e. The molecule has 0 N–H and O–H groups in total. The summed E-state index contributed by atoms with van der Waals surface area (Å²) in [6.07, 6.45) is 1.20. The predicted molar refractivity (Wildman–Crippen MR) is 86.2 cm³/mol. The number of rotatable bonds is 3. The number of hydrogen-bond acceptors (Lipinski definition) is 4. The third-order valence-corrected chi connectivity index (χ3v) is 4.69. The minimum Gasteiger partial charge on any atom is -0.305 e. The molecule has 0 atom stereocenters. The van der Waals surface area contributed by atoms with E-state index >= 15 is 0 Å². The summed E-state index contributed by atoms with van der Waals surface area (Å²) in [5.74, 6) is 1.57. The van der Waals surface area contributed by atoms with Gasteiger partial charge in [-0.05, 0) is 45.0 Å². The zero-order valence-corrected chi connectivity index (χ0v) is 14.9. The lowest BCUT2D eigenvalue weighted by Crippen LogP contribution is -2.24. The summed E-state index contributed by atoms with van der Waals surface area (Å²) in [7, 11) is -3.19. The van der Waals surface area contributed by atoms with E-state index in [1.165, 1.54) is 6.26 Å². The van der Waals surface area contributed by atoms with Crippen LogP contribution in [-0.2, 0) is 20.7 Å². The van der Waals surface area contributed by atoms with E-state index in [0.717, 1.165) is 17.2 Å². The molecule has 0 fully saturated rings. The van der Waals surface area contributed by atoms with Gasteiger partial charge < -0.3 is 4.57 Å². The highest BCUT2D eigenvalue weighted by Crippen LogP contribution is 2.27. The molecule has 0 radical (unpaired) electrons. The topological polar surface area (TPSA) is 64.8 Å². The van der Waals surface area contributed by atoms with Crippen molar-refractivity contribution in [3.05, 3.63) is 30.1 Å². The lowest BCUT2D eigenvalue weighted by Gasteiger charge is -2.24. The first kappa shape index (κ1) is 16.2. The van der Waals surface area contributed by atoms with Gasteiger partial charge in [0, 0.05) is 17.4 Å². The maximum atomic E-state index is 11.5. The van der Waals surface area contributed by atoms with E-state index in [2.05, 4.69) is 51.5 Å². The monoisotopic (exact) mass is 371 g/mol. The van der Waals surface area contributed by atoms with Crippen molar-refractivity contribution in [2.24, 2.45) is 0 Å². The van der Waals surface area contributed by atoms with E-state index in [4.69, 9.17) is 0 Å². The minimum atomic E-state index is -3.19. The fourth-order valence-corrected chi connectivity index (χ4v) is 3.14. The Balaban J connectivity index is 2.55. The summed E-state index contributed by atoms with van der Waals surface area (Å²) < 4.78 is 25.1. The van der Waals surface area contributed by atoms with Gasteiger partial charge in [0.2, 0.25) is 0 Å². The highest BCUT2D eigenvalue weighted by molar-refractivity contribution is 9.08. The van der Waals surface area contributed by atoms with Crippen LogP contribution in [0.3, 0.4) is 0 Å². The number of aromatic nitrogens is 3. The Labute approximate surface area is 133 Å². The summed E-state index contributed by atoms with van der Waals surface area (Å²) in [4.78, 5) is 0.300. The Morgan fingerprint density at radius 3 is 2.14 bits per heavy atom. The van der Waals surface area contributed by atoms with E-state index in [9.17, 15) is 8.42 Å². The van der Waals surface area contributed by atoms with E-state index < -0.39 is 9.84 Å². The zero-order valence-electron chi connectivity index (χ0n) is 12.5. The zero-order chi connectivity index (χ0) is 15.8. The second kappa shape index (κ2) is 5.53. The molecule has 21 heavy (non-hydrogen) atoms. The van der Waals surface area contributed by atoms with Crippen LogP contribution in [0.2, 0.25) is 0 Å². The van der Waals surface area contributed by atoms with Gasteiger partial charge in [0.25, 0.3) is 0 Å². The number of sulfone groups is 1. The first-order valence-corrected chi connectivity index (χ1v) is 9.47. The Hall–Kier alpha value is -1.21. The van der Waals surface area contributed by atoms with Crippen molar-refractivity contribution >= 4 is 25.8 Å². The Morgan fingerprint density at radius 1 is 1.14 bits per heavy atom. The Morgan fingerprint density at radius 2 is 1.71 bits per heavy atom. The van der Waals surface area contributed by atoms with Gasteiger partial charge in [0.1, 0.15) is 5.82 Å². The van der Waals surface area contributed by atoms with Gasteiger partial charge in [-0.2, -0.15) is 0 Å². The minimum absolute atomic E-state index is 0.169. The fourth-order valence-electron chi connectivity index (χ4n) is 2.15. The molecule has 1 heterocycles. The summed E-state index contributed by atoms with van der Waals surface area (Å²) in [6, 6.07) is 6.72. The van der Waals surface area contributed by atoms with Crippen LogP contribution in [0.4, 0.5) is 0 Å². The average molecular weight is 372 g/mol. The number of benzene rings is 1. The molecule has 1 aromatic heterocycles. The third-order valence-electron chi connectivity index (χ3n) is 3.06. The Kier molecular flexibility index (Phi) is 4.26. The fraction of sp³-hybridized carbons (Fsp3) is 0.429. The summed E-state index contributed by atoms with van der Waals surface area (Å²) in [5.41, 5.74) is 0.675. The number of alkyl halides is 1. The van der Waals surface area contributed by atoms with Crippen LogP contribution in [-0.4, -0.2) is 29.4 Å².